The van der Waals surface area contributed by atoms with Crippen molar-refractivity contribution in [3.63, 3.8) is 0 Å². The number of carbonyl (C=O) groups excluding carboxylic acids is 3. The third kappa shape index (κ3) is 4.57. The standard InChI is InChI=1S/C17H20N2O7/c1-17(2,3)26-16(24)18(10-13(20)21)8-9-25-19-14(22)11-6-4-5-7-12(11)15(19)23/h4-7H,8-10H2,1-3H3,(H,20,21). The van der Waals surface area contributed by atoms with E-state index in [0.717, 1.165) is 4.90 Å². The van der Waals surface area contributed by atoms with Gasteiger partial charge in [0.1, 0.15) is 12.1 Å². The molecule has 1 aromatic carbocycles. The van der Waals surface area contributed by atoms with Gasteiger partial charge in [0.2, 0.25) is 0 Å². The van der Waals surface area contributed by atoms with Gasteiger partial charge >= 0.3 is 12.1 Å². The molecule has 0 saturated heterocycles. The van der Waals surface area contributed by atoms with Gasteiger partial charge in [0.05, 0.1) is 24.3 Å². The number of benzene rings is 1. The first-order valence-electron chi connectivity index (χ1n) is 7.90. The first kappa shape index (κ1) is 19.4. The third-order valence-electron chi connectivity index (χ3n) is 3.32. The van der Waals surface area contributed by atoms with Crippen molar-refractivity contribution in [3.05, 3.63) is 35.4 Å². The van der Waals surface area contributed by atoms with Crippen molar-refractivity contribution in [2.24, 2.45) is 0 Å². The molecule has 0 aliphatic carbocycles. The summed E-state index contributed by atoms with van der Waals surface area (Å²) in [5.74, 6) is -2.43. The van der Waals surface area contributed by atoms with Gasteiger partial charge < -0.3 is 9.84 Å². The van der Waals surface area contributed by atoms with Crippen molar-refractivity contribution in [2.75, 3.05) is 19.7 Å². The predicted molar refractivity (Wildman–Crippen MR) is 88.3 cm³/mol. The monoisotopic (exact) mass is 364 g/mol. The lowest BCUT2D eigenvalue weighted by atomic mass is 10.1. The van der Waals surface area contributed by atoms with E-state index >= 15 is 0 Å². The van der Waals surface area contributed by atoms with Gasteiger partial charge in [-0.25, -0.2) is 4.79 Å². The fourth-order valence-electron chi connectivity index (χ4n) is 2.25. The summed E-state index contributed by atoms with van der Waals surface area (Å²) in [5, 5.41) is 9.55. The number of fused-ring (bicyclic) bond motifs is 1. The first-order chi connectivity index (χ1) is 12.1. The number of carboxylic acid groups (broad SMARTS) is 1. The molecule has 1 aliphatic heterocycles. The van der Waals surface area contributed by atoms with E-state index in [4.69, 9.17) is 14.7 Å². The van der Waals surface area contributed by atoms with Crippen molar-refractivity contribution in [2.45, 2.75) is 26.4 Å². The van der Waals surface area contributed by atoms with Gasteiger partial charge in [0.25, 0.3) is 11.8 Å². The predicted octanol–water partition coefficient (Wildman–Crippen LogP) is 1.54. The molecule has 0 fully saturated rings. The van der Waals surface area contributed by atoms with Crippen molar-refractivity contribution < 1.29 is 33.9 Å². The maximum Gasteiger partial charge on any atom is 0.410 e. The van der Waals surface area contributed by atoms with E-state index in [1.165, 1.54) is 12.1 Å². The fraction of sp³-hybridized carbons (Fsp3) is 0.412. The molecule has 0 unspecified atom stereocenters. The van der Waals surface area contributed by atoms with Crippen LogP contribution in [0.2, 0.25) is 0 Å². The minimum atomic E-state index is -1.23. The van der Waals surface area contributed by atoms with Crippen LogP contribution in [0.5, 0.6) is 0 Å². The highest BCUT2D eigenvalue weighted by molar-refractivity contribution is 6.20. The molecule has 0 radical (unpaired) electrons. The lowest BCUT2D eigenvalue weighted by Crippen LogP contribution is -2.42. The molecule has 1 aliphatic rings. The van der Waals surface area contributed by atoms with E-state index in [1.54, 1.807) is 32.9 Å². The molecule has 2 rings (SSSR count). The summed E-state index contributed by atoms with van der Waals surface area (Å²) >= 11 is 0. The van der Waals surface area contributed by atoms with E-state index in [-0.39, 0.29) is 24.3 Å². The van der Waals surface area contributed by atoms with E-state index in [2.05, 4.69) is 0 Å². The Bertz CT molecular complexity index is 704. The molecule has 26 heavy (non-hydrogen) atoms. The lowest BCUT2D eigenvalue weighted by Gasteiger charge is -2.26. The highest BCUT2D eigenvalue weighted by Gasteiger charge is 2.36. The topological polar surface area (TPSA) is 113 Å². The van der Waals surface area contributed by atoms with Gasteiger partial charge in [-0.15, -0.1) is 5.06 Å². The van der Waals surface area contributed by atoms with Crippen LogP contribution in [0.25, 0.3) is 0 Å². The Morgan fingerprint density at radius 3 is 2.12 bits per heavy atom. The molecular weight excluding hydrogens is 344 g/mol. The molecular formula is C17H20N2O7. The van der Waals surface area contributed by atoms with Crippen molar-refractivity contribution >= 4 is 23.9 Å². The Labute approximate surface area is 150 Å². The molecule has 0 spiro atoms. The number of carboxylic acids is 1. The second kappa shape index (κ2) is 7.52. The summed E-state index contributed by atoms with van der Waals surface area (Å²) in [5.41, 5.74) is -0.337. The van der Waals surface area contributed by atoms with E-state index < -0.39 is 36.0 Å². The highest BCUT2D eigenvalue weighted by atomic mass is 16.7. The second-order valence-electron chi connectivity index (χ2n) is 6.58. The average Bonchev–Trinajstić information content (AvgIpc) is 2.77. The van der Waals surface area contributed by atoms with Crippen LogP contribution in [-0.4, -0.2) is 64.2 Å². The maximum atomic E-state index is 12.2. The zero-order valence-corrected chi connectivity index (χ0v) is 14.7. The number of hydroxylamine groups is 2. The van der Waals surface area contributed by atoms with Gasteiger partial charge in [0, 0.05) is 0 Å². The van der Waals surface area contributed by atoms with Crippen LogP contribution < -0.4 is 0 Å². The molecule has 9 heteroatoms. The Morgan fingerprint density at radius 2 is 1.65 bits per heavy atom. The highest BCUT2D eigenvalue weighted by Crippen LogP contribution is 2.22. The Hall–Kier alpha value is -2.94. The van der Waals surface area contributed by atoms with Crippen LogP contribution in [0.3, 0.4) is 0 Å². The average molecular weight is 364 g/mol. The number of imide groups is 1. The number of carbonyl (C=O) groups is 4. The van der Waals surface area contributed by atoms with Gasteiger partial charge in [-0.1, -0.05) is 12.1 Å². The minimum absolute atomic E-state index is 0.172. The smallest absolute Gasteiger partial charge is 0.410 e. The van der Waals surface area contributed by atoms with Crippen LogP contribution in [-0.2, 0) is 14.4 Å². The fourth-order valence-corrected chi connectivity index (χ4v) is 2.25. The van der Waals surface area contributed by atoms with E-state index in [0.29, 0.717) is 5.06 Å². The Kier molecular flexibility index (Phi) is 5.61. The molecule has 1 aromatic rings. The van der Waals surface area contributed by atoms with Crippen molar-refractivity contribution in [3.8, 4) is 0 Å². The van der Waals surface area contributed by atoms with Gasteiger partial charge in [-0.05, 0) is 32.9 Å². The van der Waals surface area contributed by atoms with Crippen LogP contribution in [0.4, 0.5) is 4.79 Å². The summed E-state index contributed by atoms with van der Waals surface area (Å²) in [6.07, 6.45) is -0.828. The van der Waals surface area contributed by atoms with Crippen molar-refractivity contribution in [1.29, 1.82) is 0 Å². The number of rotatable bonds is 6. The van der Waals surface area contributed by atoms with E-state index in [1.807, 2.05) is 0 Å². The zero-order chi connectivity index (χ0) is 19.5. The number of aliphatic carboxylic acids is 1. The molecule has 0 bridgehead atoms. The summed E-state index contributed by atoms with van der Waals surface area (Å²) in [4.78, 5) is 53.5. The first-order valence-corrected chi connectivity index (χ1v) is 7.90. The summed E-state index contributed by atoms with van der Waals surface area (Å²) in [6, 6.07) is 6.28. The second-order valence-corrected chi connectivity index (χ2v) is 6.58. The number of hydrogen-bond acceptors (Lipinski definition) is 6. The number of hydrogen-bond donors (Lipinski definition) is 1. The lowest BCUT2D eigenvalue weighted by molar-refractivity contribution is -0.139. The minimum Gasteiger partial charge on any atom is -0.480 e. The van der Waals surface area contributed by atoms with Crippen LogP contribution in [0.15, 0.2) is 24.3 Å². The molecule has 0 aromatic heterocycles. The molecule has 140 valence electrons. The van der Waals surface area contributed by atoms with Crippen LogP contribution in [0.1, 0.15) is 41.5 Å². The normalized spacial score (nSPS) is 13.6. The number of nitrogens with zero attached hydrogens (tertiary/aromatic N) is 2. The van der Waals surface area contributed by atoms with Crippen molar-refractivity contribution in [1.82, 2.24) is 9.96 Å². The number of ether oxygens (including phenoxy) is 1. The Morgan fingerprint density at radius 1 is 1.12 bits per heavy atom. The Balaban J connectivity index is 1.97. The molecule has 1 N–H and O–H groups in total. The van der Waals surface area contributed by atoms with Crippen LogP contribution >= 0.6 is 0 Å². The van der Waals surface area contributed by atoms with Gasteiger partial charge in [-0.2, -0.15) is 0 Å². The molecule has 9 nitrogen and oxygen atoms in total. The quantitative estimate of drug-likeness (QED) is 0.762. The SMILES string of the molecule is CC(C)(C)OC(=O)N(CCON1C(=O)c2ccccc2C1=O)CC(=O)O. The van der Waals surface area contributed by atoms with E-state index in [9.17, 15) is 19.2 Å². The summed E-state index contributed by atoms with van der Waals surface area (Å²) in [7, 11) is 0. The zero-order valence-electron chi connectivity index (χ0n) is 14.7. The van der Waals surface area contributed by atoms with Gasteiger partial charge in [0.15, 0.2) is 0 Å². The number of amides is 3. The largest absolute Gasteiger partial charge is 0.480 e. The molecule has 1 heterocycles. The van der Waals surface area contributed by atoms with Crippen LogP contribution in [0, 0.1) is 0 Å². The van der Waals surface area contributed by atoms with Gasteiger partial charge in [-0.3, -0.25) is 24.1 Å². The molecule has 0 atom stereocenters. The molecule has 3 amide bonds. The summed E-state index contributed by atoms with van der Waals surface area (Å²) in [6.45, 7) is 3.93. The molecule has 0 saturated carbocycles. The maximum absolute atomic E-state index is 12.2. The summed E-state index contributed by atoms with van der Waals surface area (Å²) < 4.78 is 5.14. The third-order valence-corrected chi connectivity index (χ3v) is 3.32.